The molecule has 0 atom stereocenters. The van der Waals surface area contributed by atoms with Gasteiger partial charge in [-0.2, -0.15) is 0 Å². The zero-order valence-corrected chi connectivity index (χ0v) is 16.0. The van der Waals surface area contributed by atoms with Crippen molar-refractivity contribution in [3.05, 3.63) is 52.7 Å². The first-order valence-corrected chi connectivity index (χ1v) is 9.49. The molecular formula is C20H22ClN3O3. The molecule has 1 N–H and O–H groups in total. The van der Waals surface area contributed by atoms with E-state index in [2.05, 4.69) is 15.2 Å². The van der Waals surface area contributed by atoms with Crippen molar-refractivity contribution in [2.24, 2.45) is 0 Å². The summed E-state index contributed by atoms with van der Waals surface area (Å²) in [5.74, 6) is 0.258. The molecule has 0 saturated carbocycles. The lowest BCUT2D eigenvalue weighted by molar-refractivity contribution is -0.169. The Hall–Kier alpha value is -2.15. The van der Waals surface area contributed by atoms with Crippen LogP contribution in [-0.2, 0) is 9.47 Å². The maximum Gasteiger partial charge on any atom is 0.257 e. The molecule has 3 heterocycles. The summed E-state index contributed by atoms with van der Waals surface area (Å²) in [6.07, 6.45) is 3.26. The Morgan fingerprint density at radius 1 is 1.19 bits per heavy atom. The molecule has 4 rings (SSSR count). The summed E-state index contributed by atoms with van der Waals surface area (Å²) < 4.78 is 11.5. The largest absolute Gasteiger partial charge is 0.356 e. The van der Waals surface area contributed by atoms with Crippen molar-refractivity contribution in [2.45, 2.75) is 25.6 Å². The lowest BCUT2D eigenvalue weighted by atomic mass is 10.0. The van der Waals surface area contributed by atoms with Gasteiger partial charge in [0.2, 0.25) is 0 Å². The SMILES string of the molecule is Cc1ccc(Cl)cc1NC(=O)c1ccc(N2CCC3(CC2)OCCO3)nc1. The van der Waals surface area contributed by atoms with Crippen LogP contribution < -0.4 is 10.2 Å². The summed E-state index contributed by atoms with van der Waals surface area (Å²) in [6.45, 7) is 4.91. The highest BCUT2D eigenvalue weighted by Crippen LogP contribution is 2.32. The molecule has 2 saturated heterocycles. The second-order valence-corrected chi connectivity index (χ2v) is 7.35. The summed E-state index contributed by atoms with van der Waals surface area (Å²) in [4.78, 5) is 19.2. The number of aryl methyl sites for hydroxylation is 1. The number of hydrogen-bond donors (Lipinski definition) is 1. The van der Waals surface area contributed by atoms with Gasteiger partial charge in [-0.1, -0.05) is 17.7 Å². The highest BCUT2D eigenvalue weighted by molar-refractivity contribution is 6.31. The minimum atomic E-state index is -0.398. The van der Waals surface area contributed by atoms with Gasteiger partial charge in [-0.15, -0.1) is 0 Å². The molecule has 2 aliphatic rings. The predicted octanol–water partition coefficient (Wildman–Crippen LogP) is 3.64. The molecule has 0 unspecified atom stereocenters. The van der Waals surface area contributed by atoms with Crippen molar-refractivity contribution in [3.8, 4) is 0 Å². The molecule has 2 aliphatic heterocycles. The van der Waals surface area contributed by atoms with Crippen LogP contribution in [0.4, 0.5) is 11.5 Å². The molecule has 27 heavy (non-hydrogen) atoms. The minimum absolute atomic E-state index is 0.204. The molecular weight excluding hydrogens is 366 g/mol. The first kappa shape index (κ1) is 18.2. The second-order valence-electron chi connectivity index (χ2n) is 6.91. The fraction of sp³-hybridized carbons (Fsp3) is 0.400. The number of benzene rings is 1. The number of anilines is 2. The molecule has 1 aromatic carbocycles. The van der Waals surface area contributed by atoms with E-state index in [9.17, 15) is 4.79 Å². The van der Waals surface area contributed by atoms with Crippen LogP contribution in [0, 0.1) is 6.92 Å². The van der Waals surface area contributed by atoms with Gasteiger partial charge < -0.3 is 19.7 Å². The van der Waals surface area contributed by atoms with Crippen LogP contribution in [0.2, 0.25) is 5.02 Å². The number of halogens is 1. The van der Waals surface area contributed by atoms with E-state index in [0.717, 1.165) is 37.3 Å². The van der Waals surface area contributed by atoms with Gasteiger partial charge in [0.25, 0.3) is 5.91 Å². The zero-order valence-electron chi connectivity index (χ0n) is 15.2. The Kier molecular flexibility index (Phi) is 5.04. The molecule has 142 valence electrons. The van der Waals surface area contributed by atoms with Gasteiger partial charge in [0.1, 0.15) is 5.82 Å². The number of piperidine rings is 1. The van der Waals surface area contributed by atoms with Crippen LogP contribution in [0.3, 0.4) is 0 Å². The highest BCUT2D eigenvalue weighted by Gasteiger charge is 2.40. The van der Waals surface area contributed by atoms with Crippen LogP contribution in [0.1, 0.15) is 28.8 Å². The molecule has 7 heteroatoms. The molecule has 0 aliphatic carbocycles. The van der Waals surface area contributed by atoms with Crippen molar-refractivity contribution < 1.29 is 14.3 Å². The van der Waals surface area contributed by atoms with Crippen molar-refractivity contribution in [1.82, 2.24) is 4.98 Å². The van der Waals surface area contributed by atoms with Gasteiger partial charge in [0, 0.05) is 42.8 Å². The quantitative estimate of drug-likeness (QED) is 0.871. The number of rotatable bonds is 3. The number of amides is 1. The van der Waals surface area contributed by atoms with Crippen molar-refractivity contribution in [3.63, 3.8) is 0 Å². The third-order valence-corrected chi connectivity index (χ3v) is 5.36. The predicted molar refractivity (Wildman–Crippen MR) is 104 cm³/mol. The van der Waals surface area contributed by atoms with Gasteiger partial charge in [0.15, 0.2) is 5.79 Å². The maximum absolute atomic E-state index is 12.5. The Bertz CT molecular complexity index is 825. The first-order valence-electron chi connectivity index (χ1n) is 9.11. The Balaban J connectivity index is 1.40. The summed E-state index contributed by atoms with van der Waals surface area (Å²) in [7, 11) is 0. The third kappa shape index (κ3) is 3.93. The van der Waals surface area contributed by atoms with E-state index in [-0.39, 0.29) is 5.91 Å². The van der Waals surface area contributed by atoms with Crippen LogP contribution in [0.25, 0.3) is 0 Å². The standard InChI is InChI=1S/C20H22ClN3O3/c1-14-2-4-16(21)12-17(14)23-19(25)15-3-5-18(22-13-15)24-8-6-20(7-9-24)26-10-11-27-20/h2-5,12-13H,6-11H2,1H3,(H,23,25). The molecule has 2 fully saturated rings. The number of nitrogens with zero attached hydrogens (tertiary/aromatic N) is 2. The van der Waals surface area contributed by atoms with Gasteiger partial charge >= 0.3 is 0 Å². The van der Waals surface area contributed by atoms with E-state index in [4.69, 9.17) is 21.1 Å². The number of ether oxygens (including phenoxy) is 2. The van der Waals surface area contributed by atoms with Crippen LogP contribution in [-0.4, -0.2) is 43.0 Å². The lowest BCUT2D eigenvalue weighted by Gasteiger charge is -2.38. The van der Waals surface area contributed by atoms with E-state index in [0.29, 0.717) is 29.5 Å². The van der Waals surface area contributed by atoms with Gasteiger partial charge in [-0.3, -0.25) is 4.79 Å². The Morgan fingerprint density at radius 3 is 2.59 bits per heavy atom. The minimum Gasteiger partial charge on any atom is -0.356 e. The fourth-order valence-corrected chi connectivity index (χ4v) is 3.67. The van der Waals surface area contributed by atoms with Gasteiger partial charge in [-0.05, 0) is 36.8 Å². The first-order chi connectivity index (χ1) is 13.0. The summed E-state index contributed by atoms with van der Waals surface area (Å²) in [5.41, 5.74) is 2.17. The van der Waals surface area contributed by atoms with Gasteiger partial charge in [-0.25, -0.2) is 4.98 Å². The van der Waals surface area contributed by atoms with Crippen molar-refractivity contribution in [1.29, 1.82) is 0 Å². The van der Waals surface area contributed by atoms with Crippen LogP contribution >= 0.6 is 11.6 Å². The van der Waals surface area contributed by atoms with E-state index >= 15 is 0 Å². The van der Waals surface area contributed by atoms with Crippen molar-refractivity contribution >= 4 is 29.0 Å². The monoisotopic (exact) mass is 387 g/mol. The highest BCUT2D eigenvalue weighted by atomic mass is 35.5. The van der Waals surface area contributed by atoms with E-state index < -0.39 is 5.79 Å². The average molecular weight is 388 g/mol. The van der Waals surface area contributed by atoms with E-state index in [1.807, 2.05) is 19.1 Å². The molecule has 1 aromatic heterocycles. The molecule has 0 bridgehead atoms. The number of pyridine rings is 1. The zero-order chi connectivity index (χ0) is 18.9. The second kappa shape index (κ2) is 7.46. The molecule has 0 radical (unpaired) electrons. The summed E-state index contributed by atoms with van der Waals surface area (Å²) >= 11 is 6.01. The summed E-state index contributed by atoms with van der Waals surface area (Å²) in [6, 6.07) is 9.10. The number of nitrogens with one attached hydrogen (secondary N) is 1. The number of hydrogen-bond acceptors (Lipinski definition) is 5. The lowest BCUT2D eigenvalue weighted by Crippen LogP contribution is -2.45. The smallest absolute Gasteiger partial charge is 0.257 e. The van der Waals surface area contributed by atoms with Gasteiger partial charge in [0.05, 0.1) is 18.8 Å². The molecule has 6 nitrogen and oxygen atoms in total. The number of aromatic nitrogens is 1. The summed E-state index contributed by atoms with van der Waals surface area (Å²) in [5, 5.41) is 3.47. The number of carbonyl (C=O) groups excluding carboxylic acids is 1. The van der Waals surface area contributed by atoms with Crippen molar-refractivity contribution in [2.75, 3.05) is 36.5 Å². The molecule has 1 amide bonds. The average Bonchev–Trinajstić information content (AvgIpc) is 3.13. The van der Waals surface area contributed by atoms with Crippen LogP contribution in [0.15, 0.2) is 36.5 Å². The van der Waals surface area contributed by atoms with Crippen LogP contribution in [0.5, 0.6) is 0 Å². The normalized spacial score (nSPS) is 18.7. The van der Waals surface area contributed by atoms with E-state index in [1.54, 1.807) is 24.4 Å². The Labute approximate surface area is 163 Å². The number of carbonyl (C=O) groups is 1. The Morgan fingerprint density at radius 2 is 1.93 bits per heavy atom. The third-order valence-electron chi connectivity index (χ3n) is 5.12. The topological polar surface area (TPSA) is 63.7 Å². The van der Waals surface area contributed by atoms with E-state index in [1.165, 1.54) is 0 Å². The fourth-order valence-electron chi connectivity index (χ4n) is 3.49. The maximum atomic E-state index is 12.5. The molecule has 1 spiro atoms. The molecule has 2 aromatic rings.